The number of carbonyl (C=O) groups excluding carboxylic acids is 2. The van der Waals surface area contributed by atoms with E-state index in [1.54, 1.807) is 0 Å². The van der Waals surface area contributed by atoms with Crippen LogP contribution in [0.25, 0.3) is 0 Å². The predicted octanol–water partition coefficient (Wildman–Crippen LogP) is 0.289. The molecule has 0 aliphatic heterocycles. The lowest BCUT2D eigenvalue weighted by atomic mass is 9.94. The zero-order valence-corrected chi connectivity index (χ0v) is 10.8. The maximum atomic E-state index is 12.0. The number of rotatable bonds is 4. The molecule has 2 unspecified atom stereocenters. The van der Waals surface area contributed by atoms with Crippen LogP contribution in [0.4, 0.5) is 0 Å². The number of hydrogen-bond donors (Lipinski definition) is 3. The van der Waals surface area contributed by atoms with E-state index in [-0.39, 0.29) is 30.3 Å². The Morgan fingerprint density at radius 1 is 1.06 bits per heavy atom. The van der Waals surface area contributed by atoms with Gasteiger partial charge in [0.15, 0.2) is 0 Å². The van der Waals surface area contributed by atoms with Gasteiger partial charge < -0.3 is 16.4 Å². The van der Waals surface area contributed by atoms with Crippen molar-refractivity contribution in [3.63, 3.8) is 0 Å². The molecule has 2 rings (SSSR count). The highest BCUT2D eigenvalue weighted by molar-refractivity contribution is 5.86. The summed E-state index contributed by atoms with van der Waals surface area (Å²) in [5.74, 6) is -0.274. The fourth-order valence-electron chi connectivity index (χ4n) is 2.47. The predicted molar refractivity (Wildman–Crippen MR) is 68.7 cm³/mol. The summed E-state index contributed by atoms with van der Waals surface area (Å²) < 4.78 is 0. The average molecular weight is 253 g/mol. The highest BCUT2D eigenvalue weighted by Gasteiger charge is 2.28. The summed E-state index contributed by atoms with van der Waals surface area (Å²) in [4.78, 5) is 23.5. The minimum absolute atomic E-state index is 0.0565. The summed E-state index contributed by atoms with van der Waals surface area (Å²) in [5.41, 5.74) is 6.02. The molecule has 2 fully saturated rings. The quantitative estimate of drug-likeness (QED) is 0.630. The summed E-state index contributed by atoms with van der Waals surface area (Å²) in [5, 5.41) is 5.56. The summed E-state index contributed by atoms with van der Waals surface area (Å²) in [7, 11) is 0. The van der Waals surface area contributed by atoms with Crippen molar-refractivity contribution in [1.82, 2.24) is 10.6 Å². The Hall–Kier alpha value is -1.10. The van der Waals surface area contributed by atoms with Gasteiger partial charge in [-0.15, -0.1) is 0 Å². The lowest BCUT2D eigenvalue weighted by molar-refractivity contribution is -0.129. The molecule has 2 amide bonds. The van der Waals surface area contributed by atoms with Crippen LogP contribution in [0.3, 0.4) is 0 Å². The molecule has 2 atom stereocenters. The molecule has 5 nitrogen and oxygen atoms in total. The van der Waals surface area contributed by atoms with Crippen LogP contribution in [-0.2, 0) is 9.59 Å². The summed E-state index contributed by atoms with van der Waals surface area (Å²) >= 11 is 0. The van der Waals surface area contributed by atoms with Gasteiger partial charge in [0.2, 0.25) is 11.8 Å². The molecule has 0 aromatic heterocycles. The topological polar surface area (TPSA) is 84.2 Å². The number of nitrogens with two attached hydrogens (primary N) is 1. The molecule has 0 saturated heterocycles. The Kier molecular flexibility index (Phi) is 4.58. The summed E-state index contributed by atoms with van der Waals surface area (Å²) in [6.45, 7) is 0.0819. The van der Waals surface area contributed by atoms with Crippen molar-refractivity contribution in [2.24, 2.45) is 11.7 Å². The van der Waals surface area contributed by atoms with Crippen molar-refractivity contribution < 1.29 is 9.59 Å². The van der Waals surface area contributed by atoms with Gasteiger partial charge >= 0.3 is 0 Å². The summed E-state index contributed by atoms with van der Waals surface area (Å²) in [6, 6.07) is 0.286. The van der Waals surface area contributed by atoms with Gasteiger partial charge in [0.25, 0.3) is 0 Å². The van der Waals surface area contributed by atoms with Crippen LogP contribution >= 0.6 is 0 Å². The monoisotopic (exact) mass is 253 g/mol. The first kappa shape index (κ1) is 13.3. The van der Waals surface area contributed by atoms with Gasteiger partial charge in [-0.05, 0) is 25.7 Å². The normalized spacial score (nSPS) is 28.3. The molecule has 0 aromatic carbocycles. The van der Waals surface area contributed by atoms with Gasteiger partial charge in [0, 0.05) is 12.1 Å². The molecular formula is C13H23N3O2. The van der Waals surface area contributed by atoms with Crippen molar-refractivity contribution in [2.75, 3.05) is 6.54 Å². The third-order valence-corrected chi connectivity index (χ3v) is 3.77. The van der Waals surface area contributed by atoms with Gasteiger partial charge in [-0.25, -0.2) is 0 Å². The van der Waals surface area contributed by atoms with E-state index in [0.717, 1.165) is 44.9 Å². The third-order valence-electron chi connectivity index (χ3n) is 3.77. The molecule has 2 aliphatic carbocycles. The van der Waals surface area contributed by atoms with Crippen molar-refractivity contribution in [1.29, 1.82) is 0 Å². The van der Waals surface area contributed by atoms with Crippen LogP contribution in [-0.4, -0.2) is 30.4 Å². The number of amides is 2. The third kappa shape index (κ3) is 3.98. The SMILES string of the molecule is NC1CCCCCC1C(=O)NCC(=O)NC1CC1. The van der Waals surface area contributed by atoms with Crippen LogP contribution < -0.4 is 16.4 Å². The smallest absolute Gasteiger partial charge is 0.239 e. The van der Waals surface area contributed by atoms with E-state index >= 15 is 0 Å². The Balaban J connectivity index is 1.73. The first-order valence-corrected chi connectivity index (χ1v) is 6.99. The molecule has 0 spiro atoms. The highest BCUT2D eigenvalue weighted by Crippen LogP contribution is 2.22. The molecule has 102 valence electrons. The van der Waals surface area contributed by atoms with Crippen molar-refractivity contribution >= 4 is 11.8 Å². The second-order valence-electron chi connectivity index (χ2n) is 5.47. The molecule has 4 N–H and O–H groups in total. The van der Waals surface area contributed by atoms with E-state index in [2.05, 4.69) is 10.6 Å². The molecule has 0 bridgehead atoms. The minimum Gasteiger partial charge on any atom is -0.352 e. The second-order valence-corrected chi connectivity index (χ2v) is 5.47. The molecule has 2 aliphatic rings. The Bertz CT molecular complexity index is 315. The number of nitrogens with one attached hydrogen (secondary N) is 2. The molecule has 18 heavy (non-hydrogen) atoms. The van der Waals surface area contributed by atoms with E-state index in [1.807, 2.05) is 0 Å². The Morgan fingerprint density at radius 2 is 1.78 bits per heavy atom. The van der Waals surface area contributed by atoms with Crippen LogP contribution in [0.1, 0.15) is 44.9 Å². The van der Waals surface area contributed by atoms with Gasteiger partial charge in [-0.2, -0.15) is 0 Å². The standard InChI is InChI=1S/C13H23N3O2/c14-11-5-3-1-2-4-10(11)13(18)15-8-12(17)16-9-6-7-9/h9-11H,1-8,14H2,(H,15,18)(H,16,17). The highest BCUT2D eigenvalue weighted by atomic mass is 16.2. The lowest BCUT2D eigenvalue weighted by Gasteiger charge is -2.20. The molecule has 0 aromatic rings. The van der Waals surface area contributed by atoms with Crippen molar-refractivity contribution in [3.05, 3.63) is 0 Å². The van der Waals surface area contributed by atoms with E-state index < -0.39 is 0 Å². The Labute approximate surface area is 108 Å². The maximum Gasteiger partial charge on any atom is 0.239 e. The minimum atomic E-state index is -0.124. The van der Waals surface area contributed by atoms with Gasteiger partial charge in [-0.3, -0.25) is 9.59 Å². The molecular weight excluding hydrogens is 230 g/mol. The molecule has 5 heteroatoms. The second kappa shape index (κ2) is 6.18. The van der Waals surface area contributed by atoms with Gasteiger partial charge in [-0.1, -0.05) is 19.3 Å². The molecule has 0 radical (unpaired) electrons. The van der Waals surface area contributed by atoms with Crippen LogP contribution in [0, 0.1) is 5.92 Å². The Morgan fingerprint density at radius 3 is 2.50 bits per heavy atom. The first-order valence-electron chi connectivity index (χ1n) is 6.99. The average Bonchev–Trinajstić information content (AvgIpc) is 3.14. The largest absolute Gasteiger partial charge is 0.352 e. The fraction of sp³-hybridized carbons (Fsp3) is 0.846. The lowest BCUT2D eigenvalue weighted by Crippen LogP contribution is -2.45. The maximum absolute atomic E-state index is 12.0. The fourth-order valence-corrected chi connectivity index (χ4v) is 2.47. The zero-order valence-electron chi connectivity index (χ0n) is 10.8. The first-order chi connectivity index (χ1) is 8.66. The zero-order chi connectivity index (χ0) is 13.0. The molecule has 2 saturated carbocycles. The molecule has 0 heterocycles. The van der Waals surface area contributed by atoms with Gasteiger partial charge in [0.1, 0.15) is 0 Å². The van der Waals surface area contributed by atoms with Gasteiger partial charge in [0.05, 0.1) is 12.5 Å². The van der Waals surface area contributed by atoms with E-state index in [0.29, 0.717) is 6.04 Å². The summed E-state index contributed by atoms with van der Waals surface area (Å²) in [6.07, 6.45) is 7.19. The van der Waals surface area contributed by atoms with Crippen LogP contribution in [0.5, 0.6) is 0 Å². The number of hydrogen-bond acceptors (Lipinski definition) is 3. The van der Waals surface area contributed by atoms with E-state index in [4.69, 9.17) is 5.73 Å². The van der Waals surface area contributed by atoms with E-state index in [9.17, 15) is 9.59 Å². The van der Waals surface area contributed by atoms with Crippen molar-refractivity contribution in [3.8, 4) is 0 Å². The van der Waals surface area contributed by atoms with Crippen molar-refractivity contribution in [2.45, 2.75) is 57.0 Å². The number of carbonyl (C=O) groups is 2. The van der Waals surface area contributed by atoms with Crippen LogP contribution in [0.2, 0.25) is 0 Å². The van der Waals surface area contributed by atoms with E-state index in [1.165, 1.54) is 0 Å². The van der Waals surface area contributed by atoms with Crippen LogP contribution in [0.15, 0.2) is 0 Å².